The molecule has 96 valence electrons. The fourth-order valence-corrected chi connectivity index (χ4v) is 3.50. The molecule has 1 aromatic heterocycles. The lowest BCUT2D eigenvalue weighted by Crippen LogP contribution is -2.05. The van der Waals surface area contributed by atoms with E-state index in [1.165, 1.54) is 22.3 Å². The van der Waals surface area contributed by atoms with E-state index in [0.29, 0.717) is 0 Å². The monoisotopic (exact) mass is 324 g/mol. The lowest BCUT2D eigenvalue weighted by molar-refractivity contribution is 0.795. The smallest absolute Gasteiger partial charge is 0.125 e. The van der Waals surface area contributed by atoms with Crippen LogP contribution in [0.2, 0.25) is 0 Å². The Kier molecular flexibility index (Phi) is 4.20. The quantitative estimate of drug-likeness (QED) is 0.914. The molecule has 4 heteroatoms. The minimum absolute atomic E-state index is 0.793. The van der Waals surface area contributed by atoms with Crippen LogP contribution in [0.4, 0.5) is 0 Å². The van der Waals surface area contributed by atoms with E-state index < -0.39 is 0 Å². The summed E-state index contributed by atoms with van der Waals surface area (Å²) in [6.07, 6.45) is 0. The van der Waals surface area contributed by atoms with Gasteiger partial charge in [-0.1, -0.05) is 6.07 Å². The second-order valence-corrected chi connectivity index (χ2v) is 6.84. The third kappa shape index (κ3) is 2.66. The second kappa shape index (κ2) is 5.51. The van der Waals surface area contributed by atoms with E-state index in [9.17, 15) is 0 Å². The SMILES string of the molecule is CNCc1nc(-c2cc(C)c(C)cc2C)sc1Br. The highest BCUT2D eigenvalue weighted by molar-refractivity contribution is 9.11. The number of nitrogens with one attached hydrogen (secondary N) is 1. The second-order valence-electron chi connectivity index (χ2n) is 4.52. The standard InChI is InChI=1S/C14H17BrN2S/c1-8-5-10(3)11(6-9(8)2)14-17-12(7-16-4)13(15)18-14/h5-6,16H,7H2,1-4H3. The van der Waals surface area contributed by atoms with Gasteiger partial charge in [-0.2, -0.15) is 0 Å². The molecule has 0 aliphatic carbocycles. The van der Waals surface area contributed by atoms with E-state index in [4.69, 9.17) is 4.98 Å². The average Bonchev–Trinajstić information content (AvgIpc) is 2.66. The summed E-state index contributed by atoms with van der Waals surface area (Å²) in [5, 5.41) is 4.23. The van der Waals surface area contributed by atoms with Gasteiger partial charge >= 0.3 is 0 Å². The Labute approximate surface area is 121 Å². The van der Waals surface area contributed by atoms with Crippen LogP contribution in [0, 0.1) is 20.8 Å². The first-order valence-corrected chi connectivity index (χ1v) is 7.52. The minimum Gasteiger partial charge on any atom is -0.314 e. The number of nitrogens with zero attached hydrogens (tertiary/aromatic N) is 1. The van der Waals surface area contributed by atoms with Gasteiger partial charge in [0.15, 0.2) is 0 Å². The molecule has 2 nitrogen and oxygen atoms in total. The Morgan fingerprint density at radius 3 is 2.50 bits per heavy atom. The van der Waals surface area contributed by atoms with Gasteiger partial charge in [0.1, 0.15) is 5.01 Å². The van der Waals surface area contributed by atoms with Gasteiger partial charge in [-0.25, -0.2) is 4.98 Å². The predicted octanol–water partition coefficient (Wildman–Crippen LogP) is 4.22. The molecule has 1 heterocycles. The Balaban J connectivity index is 2.48. The van der Waals surface area contributed by atoms with Crippen molar-refractivity contribution >= 4 is 27.3 Å². The van der Waals surface area contributed by atoms with Gasteiger partial charge in [0.2, 0.25) is 0 Å². The van der Waals surface area contributed by atoms with Gasteiger partial charge in [0, 0.05) is 12.1 Å². The van der Waals surface area contributed by atoms with E-state index in [-0.39, 0.29) is 0 Å². The molecule has 2 rings (SSSR count). The first kappa shape index (κ1) is 13.7. The minimum atomic E-state index is 0.793. The number of hydrogen-bond acceptors (Lipinski definition) is 3. The fraction of sp³-hybridized carbons (Fsp3) is 0.357. The van der Waals surface area contributed by atoms with E-state index >= 15 is 0 Å². The average molecular weight is 325 g/mol. The van der Waals surface area contributed by atoms with Crippen LogP contribution < -0.4 is 5.32 Å². The maximum atomic E-state index is 4.71. The third-order valence-electron chi connectivity index (χ3n) is 3.07. The number of thiazole rings is 1. The van der Waals surface area contributed by atoms with Crippen molar-refractivity contribution in [3.05, 3.63) is 38.3 Å². The molecular weight excluding hydrogens is 308 g/mol. The predicted molar refractivity (Wildman–Crippen MR) is 82.2 cm³/mol. The Morgan fingerprint density at radius 1 is 1.17 bits per heavy atom. The molecule has 0 unspecified atom stereocenters. The van der Waals surface area contributed by atoms with Crippen LogP contribution in [0.25, 0.3) is 10.6 Å². The van der Waals surface area contributed by atoms with Crippen LogP contribution in [-0.2, 0) is 6.54 Å². The largest absolute Gasteiger partial charge is 0.314 e. The molecule has 0 amide bonds. The van der Waals surface area contributed by atoms with Crippen molar-refractivity contribution < 1.29 is 0 Å². The maximum absolute atomic E-state index is 4.71. The summed E-state index contributed by atoms with van der Waals surface area (Å²) in [7, 11) is 1.94. The highest BCUT2D eigenvalue weighted by Gasteiger charge is 2.12. The van der Waals surface area contributed by atoms with Crippen LogP contribution >= 0.6 is 27.3 Å². The van der Waals surface area contributed by atoms with E-state index in [1.54, 1.807) is 11.3 Å². The fourth-order valence-electron chi connectivity index (χ4n) is 1.92. The molecule has 0 aliphatic heterocycles. The lowest BCUT2D eigenvalue weighted by Gasteiger charge is -2.07. The van der Waals surface area contributed by atoms with Gasteiger partial charge in [0.25, 0.3) is 0 Å². The number of hydrogen-bond donors (Lipinski definition) is 1. The van der Waals surface area contributed by atoms with Gasteiger partial charge in [-0.15, -0.1) is 11.3 Å². The van der Waals surface area contributed by atoms with E-state index in [0.717, 1.165) is 21.0 Å². The van der Waals surface area contributed by atoms with Gasteiger partial charge < -0.3 is 5.32 Å². The van der Waals surface area contributed by atoms with Crippen molar-refractivity contribution in [2.24, 2.45) is 0 Å². The van der Waals surface area contributed by atoms with Crippen molar-refractivity contribution in [2.75, 3.05) is 7.05 Å². The van der Waals surface area contributed by atoms with Crippen LogP contribution in [-0.4, -0.2) is 12.0 Å². The number of rotatable bonds is 3. The molecule has 1 aromatic carbocycles. The zero-order valence-corrected chi connectivity index (χ0v) is 13.5. The number of halogens is 1. The van der Waals surface area contributed by atoms with Crippen LogP contribution in [0.5, 0.6) is 0 Å². The molecule has 0 aliphatic rings. The van der Waals surface area contributed by atoms with Gasteiger partial charge in [0.05, 0.1) is 9.48 Å². The topological polar surface area (TPSA) is 24.9 Å². The number of aryl methyl sites for hydroxylation is 3. The summed E-state index contributed by atoms with van der Waals surface area (Å²) in [6, 6.07) is 4.47. The summed E-state index contributed by atoms with van der Waals surface area (Å²) in [5.41, 5.74) is 6.26. The van der Waals surface area contributed by atoms with Crippen molar-refractivity contribution in [3.8, 4) is 10.6 Å². The first-order valence-electron chi connectivity index (χ1n) is 5.91. The molecule has 0 atom stereocenters. The number of aromatic nitrogens is 1. The van der Waals surface area contributed by atoms with Gasteiger partial charge in [-0.05, 0) is 66.5 Å². The normalized spacial score (nSPS) is 10.9. The molecule has 0 saturated heterocycles. The maximum Gasteiger partial charge on any atom is 0.125 e. The number of benzene rings is 1. The molecule has 0 radical (unpaired) electrons. The summed E-state index contributed by atoms with van der Waals surface area (Å²) >= 11 is 5.29. The van der Waals surface area contributed by atoms with Crippen molar-refractivity contribution in [1.29, 1.82) is 0 Å². The summed E-state index contributed by atoms with van der Waals surface area (Å²) in [4.78, 5) is 4.71. The van der Waals surface area contributed by atoms with Crippen molar-refractivity contribution in [2.45, 2.75) is 27.3 Å². The van der Waals surface area contributed by atoms with Crippen LogP contribution in [0.1, 0.15) is 22.4 Å². The highest BCUT2D eigenvalue weighted by atomic mass is 79.9. The third-order valence-corrected chi connectivity index (χ3v) is 4.93. The molecule has 0 saturated carbocycles. The van der Waals surface area contributed by atoms with E-state index in [2.05, 4.69) is 54.2 Å². The van der Waals surface area contributed by atoms with Crippen LogP contribution in [0.15, 0.2) is 15.9 Å². The molecule has 0 bridgehead atoms. The van der Waals surface area contributed by atoms with Crippen molar-refractivity contribution in [3.63, 3.8) is 0 Å². The highest BCUT2D eigenvalue weighted by Crippen LogP contribution is 2.34. The molecular formula is C14H17BrN2S. The Morgan fingerprint density at radius 2 is 1.83 bits per heavy atom. The Hall–Kier alpha value is -0.710. The molecule has 0 fully saturated rings. The van der Waals surface area contributed by atoms with E-state index in [1.807, 2.05) is 7.05 Å². The molecule has 1 N–H and O–H groups in total. The summed E-state index contributed by atoms with van der Waals surface area (Å²) in [5.74, 6) is 0. The zero-order valence-electron chi connectivity index (χ0n) is 11.1. The lowest BCUT2D eigenvalue weighted by atomic mass is 10.0. The zero-order chi connectivity index (χ0) is 13.3. The summed E-state index contributed by atoms with van der Waals surface area (Å²) in [6.45, 7) is 7.24. The molecule has 18 heavy (non-hydrogen) atoms. The molecule has 2 aromatic rings. The Bertz CT molecular complexity index is 575. The summed E-state index contributed by atoms with van der Waals surface area (Å²) < 4.78 is 1.12. The van der Waals surface area contributed by atoms with Crippen molar-refractivity contribution in [1.82, 2.24) is 10.3 Å². The molecule has 0 spiro atoms. The van der Waals surface area contributed by atoms with Crippen LogP contribution in [0.3, 0.4) is 0 Å². The van der Waals surface area contributed by atoms with Gasteiger partial charge in [-0.3, -0.25) is 0 Å². The first-order chi connectivity index (χ1) is 8.52.